The van der Waals surface area contributed by atoms with Crippen LogP contribution in [0, 0.1) is 13.8 Å². The van der Waals surface area contributed by atoms with Gasteiger partial charge in [0, 0.05) is 13.3 Å². The first-order valence-electron chi connectivity index (χ1n) is 6.68. The molecular formula is C13H17N3O5S3. The number of hydrogen-bond donors (Lipinski definition) is 0. The predicted molar refractivity (Wildman–Crippen MR) is 91.8 cm³/mol. The molecule has 0 saturated heterocycles. The molecule has 0 bridgehead atoms. The molecule has 8 nitrogen and oxygen atoms in total. The van der Waals surface area contributed by atoms with Crippen molar-refractivity contribution in [3.8, 4) is 0 Å². The highest BCUT2D eigenvalue weighted by Gasteiger charge is 2.32. The summed E-state index contributed by atoms with van der Waals surface area (Å²) in [6, 6.07) is 2.60. The van der Waals surface area contributed by atoms with Crippen LogP contribution in [0.25, 0.3) is 0 Å². The Hall–Kier alpha value is -1.72. The van der Waals surface area contributed by atoms with Crippen LogP contribution < -0.4 is 4.31 Å². The van der Waals surface area contributed by atoms with Gasteiger partial charge in [-0.1, -0.05) is 0 Å². The van der Waals surface area contributed by atoms with Gasteiger partial charge in [-0.2, -0.15) is 9.40 Å². The lowest BCUT2D eigenvalue weighted by Crippen LogP contribution is -2.36. The molecule has 0 aliphatic rings. The van der Waals surface area contributed by atoms with Gasteiger partial charge in [0.1, 0.15) is 9.90 Å². The van der Waals surface area contributed by atoms with Crippen LogP contribution in [0.15, 0.2) is 16.3 Å². The van der Waals surface area contributed by atoms with E-state index in [4.69, 9.17) is 0 Å². The highest BCUT2D eigenvalue weighted by atomic mass is 32.2. The van der Waals surface area contributed by atoms with E-state index in [2.05, 4.69) is 5.10 Å². The van der Waals surface area contributed by atoms with Gasteiger partial charge in [-0.25, -0.2) is 16.8 Å². The molecule has 0 fully saturated rings. The van der Waals surface area contributed by atoms with Gasteiger partial charge >= 0.3 is 0 Å². The summed E-state index contributed by atoms with van der Waals surface area (Å²) in [4.78, 5) is 12.8. The SMILES string of the molecule is Cc1nn(C)c(C)c1N(C(=O)c1ccc(S(C)(=O)=O)s1)S(C)(=O)=O. The Morgan fingerprint density at radius 3 is 2.12 bits per heavy atom. The predicted octanol–water partition coefficient (Wildman–Crippen LogP) is 1.11. The lowest BCUT2D eigenvalue weighted by Gasteiger charge is -2.20. The Kier molecular flexibility index (Phi) is 4.63. The maximum Gasteiger partial charge on any atom is 0.282 e. The number of rotatable bonds is 4. The molecule has 2 heterocycles. The first-order valence-corrected chi connectivity index (χ1v) is 11.2. The number of sulfone groups is 1. The number of nitrogens with zero attached hydrogens (tertiary/aromatic N) is 3. The molecule has 0 aliphatic carbocycles. The average Bonchev–Trinajstić information content (AvgIpc) is 2.98. The number of hydrogen-bond acceptors (Lipinski definition) is 7. The van der Waals surface area contributed by atoms with Gasteiger partial charge in [0.25, 0.3) is 5.91 Å². The second-order valence-electron chi connectivity index (χ2n) is 5.37. The number of anilines is 1. The highest BCUT2D eigenvalue weighted by molar-refractivity contribution is 7.93. The van der Waals surface area contributed by atoms with Crippen LogP contribution in [0.2, 0.25) is 0 Å². The number of aryl methyl sites for hydroxylation is 2. The smallest absolute Gasteiger partial charge is 0.270 e. The van der Waals surface area contributed by atoms with E-state index in [1.165, 1.54) is 16.8 Å². The summed E-state index contributed by atoms with van der Waals surface area (Å²) in [5.74, 6) is -0.809. The molecule has 0 N–H and O–H groups in total. The number of carbonyl (C=O) groups is 1. The average molecular weight is 391 g/mol. The Morgan fingerprint density at radius 2 is 1.75 bits per heavy atom. The molecule has 0 radical (unpaired) electrons. The Morgan fingerprint density at radius 1 is 1.17 bits per heavy atom. The second-order valence-corrected chi connectivity index (χ2v) is 10.5. The van der Waals surface area contributed by atoms with Crippen LogP contribution in [0.4, 0.5) is 5.69 Å². The van der Waals surface area contributed by atoms with Crippen molar-refractivity contribution in [1.82, 2.24) is 9.78 Å². The summed E-state index contributed by atoms with van der Waals surface area (Å²) < 4.78 is 49.7. The minimum atomic E-state index is -3.94. The fourth-order valence-corrected chi connectivity index (χ4v) is 5.12. The van der Waals surface area contributed by atoms with E-state index < -0.39 is 25.8 Å². The van der Waals surface area contributed by atoms with Crippen molar-refractivity contribution in [3.05, 3.63) is 28.4 Å². The zero-order chi connectivity index (χ0) is 18.4. The molecule has 11 heteroatoms. The zero-order valence-electron chi connectivity index (χ0n) is 13.8. The van der Waals surface area contributed by atoms with Crippen molar-refractivity contribution in [2.75, 3.05) is 16.8 Å². The second kappa shape index (κ2) is 5.97. The molecule has 2 aromatic rings. The van der Waals surface area contributed by atoms with Crippen LogP contribution in [0.1, 0.15) is 21.1 Å². The highest BCUT2D eigenvalue weighted by Crippen LogP contribution is 2.30. The fraction of sp³-hybridized carbons (Fsp3) is 0.385. The molecule has 132 valence electrons. The van der Waals surface area contributed by atoms with Crippen molar-refractivity contribution in [3.63, 3.8) is 0 Å². The summed E-state index contributed by atoms with van der Waals surface area (Å²) >= 11 is 0.735. The first-order chi connectivity index (χ1) is 10.8. The zero-order valence-corrected chi connectivity index (χ0v) is 16.2. The van der Waals surface area contributed by atoms with E-state index in [9.17, 15) is 21.6 Å². The van der Waals surface area contributed by atoms with Crippen LogP contribution >= 0.6 is 11.3 Å². The van der Waals surface area contributed by atoms with E-state index in [0.29, 0.717) is 15.7 Å². The standard InChI is InChI=1S/C13H17N3O5S3/c1-8-12(9(2)15(3)14-8)16(24(5,20)21)13(17)10-6-7-11(22-10)23(4,18)19/h6-7H,1-5H3. The third-order valence-electron chi connectivity index (χ3n) is 3.35. The van der Waals surface area contributed by atoms with Gasteiger partial charge in [-0.3, -0.25) is 9.48 Å². The normalized spacial score (nSPS) is 12.4. The maximum absolute atomic E-state index is 12.8. The Bertz CT molecular complexity index is 1020. The molecule has 2 aromatic heterocycles. The molecular weight excluding hydrogens is 374 g/mol. The maximum atomic E-state index is 12.8. The van der Waals surface area contributed by atoms with Crippen LogP contribution in [-0.4, -0.2) is 45.0 Å². The Labute approximate surface area is 144 Å². The lowest BCUT2D eigenvalue weighted by atomic mass is 10.3. The molecule has 0 aliphatic heterocycles. The quantitative estimate of drug-likeness (QED) is 0.773. The monoisotopic (exact) mass is 391 g/mol. The van der Waals surface area contributed by atoms with Crippen LogP contribution in [0.5, 0.6) is 0 Å². The molecule has 2 rings (SSSR count). The van der Waals surface area contributed by atoms with Gasteiger partial charge < -0.3 is 0 Å². The largest absolute Gasteiger partial charge is 0.282 e. The number of carbonyl (C=O) groups excluding carboxylic acids is 1. The van der Waals surface area contributed by atoms with Crippen molar-refractivity contribution in [1.29, 1.82) is 0 Å². The summed E-state index contributed by atoms with van der Waals surface area (Å²) in [5, 5.41) is 4.13. The molecule has 0 unspecified atom stereocenters. The van der Waals surface area contributed by atoms with Crippen LogP contribution in [-0.2, 0) is 26.9 Å². The fourth-order valence-electron chi connectivity index (χ4n) is 2.21. The van der Waals surface area contributed by atoms with Crippen molar-refractivity contribution >= 4 is 42.8 Å². The van der Waals surface area contributed by atoms with Crippen molar-refractivity contribution in [2.24, 2.45) is 7.05 Å². The minimum absolute atomic E-state index is 0.000989. The first kappa shape index (κ1) is 18.6. The number of sulfonamides is 1. The Balaban J connectivity index is 2.62. The van der Waals surface area contributed by atoms with Crippen molar-refractivity contribution < 1.29 is 21.6 Å². The molecule has 24 heavy (non-hydrogen) atoms. The summed E-state index contributed by atoms with van der Waals surface area (Å²) in [7, 11) is -5.76. The summed E-state index contributed by atoms with van der Waals surface area (Å²) in [6.07, 6.45) is 1.94. The number of amides is 1. The topological polar surface area (TPSA) is 106 Å². The summed E-state index contributed by atoms with van der Waals surface area (Å²) in [5.41, 5.74) is 1.07. The van der Waals surface area contributed by atoms with Gasteiger partial charge in [0.2, 0.25) is 10.0 Å². The minimum Gasteiger partial charge on any atom is -0.270 e. The molecule has 1 amide bonds. The molecule has 0 saturated carbocycles. The van der Waals surface area contributed by atoms with Crippen molar-refractivity contribution in [2.45, 2.75) is 18.1 Å². The van der Waals surface area contributed by atoms with Crippen LogP contribution in [0.3, 0.4) is 0 Å². The van der Waals surface area contributed by atoms with Gasteiger partial charge in [0.05, 0.1) is 22.5 Å². The summed E-state index contributed by atoms with van der Waals surface area (Å²) in [6.45, 7) is 3.25. The third-order valence-corrected chi connectivity index (χ3v) is 7.25. The molecule has 0 atom stereocenters. The van der Waals surface area contributed by atoms with Gasteiger partial charge in [-0.15, -0.1) is 11.3 Å². The molecule has 0 spiro atoms. The number of thiophene rings is 1. The van der Waals surface area contributed by atoms with Gasteiger partial charge in [-0.05, 0) is 26.0 Å². The molecule has 0 aromatic carbocycles. The number of aromatic nitrogens is 2. The van der Waals surface area contributed by atoms with E-state index >= 15 is 0 Å². The van der Waals surface area contributed by atoms with E-state index in [0.717, 1.165) is 23.8 Å². The van der Waals surface area contributed by atoms with E-state index in [1.54, 1.807) is 20.9 Å². The van der Waals surface area contributed by atoms with E-state index in [1.807, 2.05) is 0 Å². The van der Waals surface area contributed by atoms with E-state index in [-0.39, 0.29) is 14.8 Å². The van der Waals surface area contributed by atoms with Gasteiger partial charge in [0.15, 0.2) is 9.84 Å². The lowest BCUT2D eigenvalue weighted by molar-refractivity contribution is 0.101. The third kappa shape index (κ3) is 3.37.